The van der Waals surface area contributed by atoms with Crippen molar-refractivity contribution in [2.45, 2.75) is 26.8 Å². The maximum absolute atomic E-state index is 13.2. The van der Waals surface area contributed by atoms with Crippen molar-refractivity contribution >= 4 is 11.6 Å². The maximum atomic E-state index is 13.2. The van der Waals surface area contributed by atoms with Crippen LogP contribution in [0.25, 0.3) is 0 Å². The smallest absolute Gasteiger partial charge is 0.253 e. The van der Waals surface area contributed by atoms with E-state index < -0.39 is 0 Å². The van der Waals surface area contributed by atoms with Gasteiger partial charge in [-0.3, -0.25) is 9.48 Å². The molecular formula is C24H27FN4O. The molecule has 0 N–H and O–H groups in total. The van der Waals surface area contributed by atoms with Crippen molar-refractivity contribution in [2.75, 3.05) is 31.1 Å². The van der Waals surface area contributed by atoms with Crippen LogP contribution in [0.1, 0.15) is 33.7 Å². The fraction of sp³-hybridized carbons (Fsp3) is 0.333. The molecule has 2 aromatic carbocycles. The summed E-state index contributed by atoms with van der Waals surface area (Å²) >= 11 is 0. The van der Waals surface area contributed by atoms with Crippen LogP contribution in [-0.2, 0) is 6.54 Å². The number of rotatable bonds is 4. The largest absolute Gasteiger partial charge is 0.370 e. The minimum Gasteiger partial charge on any atom is -0.370 e. The van der Waals surface area contributed by atoms with E-state index >= 15 is 0 Å². The molecule has 0 aliphatic carbocycles. The predicted molar refractivity (Wildman–Crippen MR) is 116 cm³/mol. The normalized spacial score (nSPS) is 14.6. The van der Waals surface area contributed by atoms with Crippen molar-refractivity contribution in [3.63, 3.8) is 0 Å². The van der Waals surface area contributed by atoms with Crippen LogP contribution in [0, 0.1) is 19.7 Å². The Morgan fingerprint density at radius 3 is 2.53 bits per heavy atom. The van der Waals surface area contributed by atoms with Gasteiger partial charge in [-0.05, 0) is 68.3 Å². The highest BCUT2D eigenvalue weighted by molar-refractivity contribution is 5.94. The molecule has 0 radical (unpaired) electrons. The molecule has 4 rings (SSSR count). The Balaban J connectivity index is 1.44. The summed E-state index contributed by atoms with van der Waals surface area (Å²) in [5.41, 5.74) is 4.88. The summed E-state index contributed by atoms with van der Waals surface area (Å²) in [6, 6.07) is 16.5. The second kappa shape index (κ2) is 8.69. The lowest BCUT2D eigenvalue weighted by atomic mass is 10.1. The van der Waals surface area contributed by atoms with Crippen LogP contribution in [0.15, 0.2) is 54.6 Å². The van der Waals surface area contributed by atoms with Gasteiger partial charge in [0.1, 0.15) is 5.82 Å². The van der Waals surface area contributed by atoms with Crippen molar-refractivity contribution in [1.82, 2.24) is 14.7 Å². The second-order valence-corrected chi connectivity index (χ2v) is 7.89. The first kappa shape index (κ1) is 20.1. The van der Waals surface area contributed by atoms with Gasteiger partial charge in [0.15, 0.2) is 0 Å². The average Bonchev–Trinajstić information content (AvgIpc) is 2.93. The zero-order valence-electron chi connectivity index (χ0n) is 17.5. The molecule has 1 aliphatic rings. The summed E-state index contributed by atoms with van der Waals surface area (Å²) in [6.45, 7) is 7.64. The molecule has 3 aromatic rings. The van der Waals surface area contributed by atoms with E-state index in [-0.39, 0.29) is 11.7 Å². The third kappa shape index (κ3) is 4.53. The summed E-state index contributed by atoms with van der Waals surface area (Å²) in [5.74, 6) is -0.170. The van der Waals surface area contributed by atoms with Crippen molar-refractivity contribution in [2.24, 2.45) is 0 Å². The zero-order chi connectivity index (χ0) is 21.1. The Morgan fingerprint density at radius 1 is 1.00 bits per heavy atom. The van der Waals surface area contributed by atoms with Gasteiger partial charge in [-0.15, -0.1) is 0 Å². The molecule has 2 heterocycles. The Kier molecular flexibility index (Phi) is 5.84. The van der Waals surface area contributed by atoms with E-state index in [1.807, 2.05) is 47.7 Å². The first-order valence-electron chi connectivity index (χ1n) is 10.4. The molecule has 1 aliphatic heterocycles. The van der Waals surface area contributed by atoms with Gasteiger partial charge in [0.25, 0.3) is 5.91 Å². The number of carbonyl (C=O) groups excluding carboxylic acids is 1. The fourth-order valence-corrected chi connectivity index (χ4v) is 4.02. The topological polar surface area (TPSA) is 41.4 Å². The molecule has 1 saturated heterocycles. The third-order valence-electron chi connectivity index (χ3n) is 5.58. The molecule has 1 aromatic heterocycles. The lowest BCUT2D eigenvalue weighted by molar-refractivity contribution is 0.0767. The van der Waals surface area contributed by atoms with Gasteiger partial charge in [-0.2, -0.15) is 5.10 Å². The minimum absolute atomic E-state index is 0.0613. The number of anilines is 1. The number of benzene rings is 2. The first-order chi connectivity index (χ1) is 14.5. The third-order valence-corrected chi connectivity index (χ3v) is 5.58. The molecule has 0 unspecified atom stereocenters. The molecule has 0 saturated carbocycles. The zero-order valence-corrected chi connectivity index (χ0v) is 17.5. The van der Waals surface area contributed by atoms with E-state index in [2.05, 4.69) is 16.1 Å². The van der Waals surface area contributed by atoms with Crippen LogP contribution in [0.4, 0.5) is 10.1 Å². The molecule has 1 amide bonds. The Labute approximate surface area is 176 Å². The molecule has 0 spiro atoms. The van der Waals surface area contributed by atoms with E-state index in [1.54, 1.807) is 12.1 Å². The molecule has 0 atom stereocenters. The maximum Gasteiger partial charge on any atom is 0.253 e. The van der Waals surface area contributed by atoms with Gasteiger partial charge in [-0.1, -0.05) is 12.1 Å². The Hall–Kier alpha value is -3.15. The number of amides is 1. The minimum atomic E-state index is -0.231. The van der Waals surface area contributed by atoms with Gasteiger partial charge < -0.3 is 9.80 Å². The van der Waals surface area contributed by atoms with E-state index in [9.17, 15) is 9.18 Å². The molecule has 30 heavy (non-hydrogen) atoms. The van der Waals surface area contributed by atoms with Gasteiger partial charge >= 0.3 is 0 Å². The first-order valence-corrected chi connectivity index (χ1v) is 10.4. The van der Waals surface area contributed by atoms with Crippen LogP contribution in [-0.4, -0.2) is 46.8 Å². The number of aromatic nitrogens is 2. The summed E-state index contributed by atoms with van der Waals surface area (Å²) in [6.07, 6.45) is 0.883. The summed E-state index contributed by atoms with van der Waals surface area (Å²) in [5, 5.41) is 4.52. The van der Waals surface area contributed by atoms with Crippen LogP contribution >= 0.6 is 0 Å². The Morgan fingerprint density at radius 2 is 1.80 bits per heavy atom. The molecule has 1 fully saturated rings. The van der Waals surface area contributed by atoms with Crippen molar-refractivity contribution < 1.29 is 9.18 Å². The number of carbonyl (C=O) groups is 1. The molecule has 6 heteroatoms. The van der Waals surface area contributed by atoms with Gasteiger partial charge in [0.2, 0.25) is 0 Å². The van der Waals surface area contributed by atoms with Crippen molar-refractivity contribution in [3.05, 3.63) is 82.9 Å². The van der Waals surface area contributed by atoms with Crippen LogP contribution < -0.4 is 4.90 Å². The molecule has 0 bridgehead atoms. The quantitative estimate of drug-likeness (QED) is 0.657. The fourth-order valence-electron chi connectivity index (χ4n) is 4.02. The van der Waals surface area contributed by atoms with Crippen molar-refractivity contribution in [3.8, 4) is 0 Å². The number of nitrogens with zero attached hydrogens (tertiary/aromatic N) is 4. The van der Waals surface area contributed by atoms with E-state index in [1.165, 1.54) is 12.1 Å². The van der Waals surface area contributed by atoms with Gasteiger partial charge in [0, 0.05) is 43.1 Å². The highest BCUT2D eigenvalue weighted by Gasteiger charge is 2.21. The monoisotopic (exact) mass is 406 g/mol. The summed E-state index contributed by atoms with van der Waals surface area (Å²) in [4.78, 5) is 17.3. The van der Waals surface area contributed by atoms with Crippen molar-refractivity contribution in [1.29, 1.82) is 0 Å². The number of hydrogen-bond acceptors (Lipinski definition) is 3. The predicted octanol–water partition coefficient (Wildman–Crippen LogP) is 4.04. The number of hydrogen-bond donors (Lipinski definition) is 0. The highest BCUT2D eigenvalue weighted by Crippen LogP contribution is 2.18. The number of aryl methyl sites for hydroxylation is 2. The van der Waals surface area contributed by atoms with Crippen LogP contribution in [0.2, 0.25) is 0 Å². The average molecular weight is 407 g/mol. The lowest BCUT2D eigenvalue weighted by Crippen LogP contribution is -2.35. The summed E-state index contributed by atoms with van der Waals surface area (Å²) < 4.78 is 15.2. The van der Waals surface area contributed by atoms with E-state index in [0.29, 0.717) is 18.7 Å². The van der Waals surface area contributed by atoms with E-state index in [0.717, 1.165) is 48.7 Å². The lowest BCUT2D eigenvalue weighted by Gasteiger charge is -2.24. The van der Waals surface area contributed by atoms with Gasteiger partial charge in [-0.25, -0.2) is 4.39 Å². The summed E-state index contributed by atoms with van der Waals surface area (Å²) in [7, 11) is 0. The van der Waals surface area contributed by atoms with Gasteiger partial charge in [0.05, 0.1) is 12.2 Å². The highest BCUT2D eigenvalue weighted by atomic mass is 19.1. The Bertz CT molecular complexity index is 1030. The second-order valence-electron chi connectivity index (χ2n) is 7.89. The number of halogens is 1. The molecule has 5 nitrogen and oxygen atoms in total. The van der Waals surface area contributed by atoms with Crippen LogP contribution in [0.3, 0.4) is 0 Å². The van der Waals surface area contributed by atoms with E-state index in [4.69, 9.17) is 0 Å². The molecule has 156 valence electrons. The SMILES string of the molecule is Cc1cc(C)n(Cc2cccc(C(=O)N3CCCN(c4ccc(F)cc4)CC3)c2)n1. The standard InChI is InChI=1S/C24H27FN4O/c1-18-15-19(2)29(26-18)17-20-5-3-6-21(16-20)24(30)28-12-4-11-27(13-14-28)23-9-7-22(25)8-10-23/h3,5-10,15-16H,4,11-14,17H2,1-2H3. The van der Waals surface area contributed by atoms with Crippen LogP contribution in [0.5, 0.6) is 0 Å². The molecular weight excluding hydrogens is 379 g/mol.